The molecule has 4 heteroatoms. The van der Waals surface area contributed by atoms with E-state index in [1.54, 1.807) is 14.0 Å². The zero-order valence-electron chi connectivity index (χ0n) is 10.5. The molecular formula is C15H11BrO3. The summed E-state index contributed by atoms with van der Waals surface area (Å²) < 4.78 is 11.5. The maximum absolute atomic E-state index is 11.6. The van der Waals surface area contributed by atoms with Crippen molar-refractivity contribution in [3.05, 3.63) is 50.8 Å². The Labute approximate surface area is 117 Å². The quantitative estimate of drug-likeness (QED) is 0.502. The Kier molecular flexibility index (Phi) is 2.82. The third-order valence-electron chi connectivity index (χ3n) is 3.19. The zero-order chi connectivity index (χ0) is 13.6. The van der Waals surface area contributed by atoms with Crippen molar-refractivity contribution in [1.29, 1.82) is 0 Å². The van der Waals surface area contributed by atoms with Crippen molar-refractivity contribution in [3.8, 4) is 5.75 Å². The van der Waals surface area contributed by atoms with Gasteiger partial charge in [-0.3, -0.25) is 0 Å². The Morgan fingerprint density at radius 3 is 2.68 bits per heavy atom. The van der Waals surface area contributed by atoms with Crippen molar-refractivity contribution in [1.82, 2.24) is 0 Å². The maximum Gasteiger partial charge on any atom is 0.339 e. The Hall–Kier alpha value is -1.81. The maximum atomic E-state index is 11.6. The summed E-state index contributed by atoms with van der Waals surface area (Å²) in [5.41, 5.74) is 0.873. The van der Waals surface area contributed by atoms with E-state index in [9.17, 15) is 4.79 Å². The van der Waals surface area contributed by atoms with Crippen molar-refractivity contribution < 1.29 is 9.15 Å². The highest BCUT2D eigenvalue weighted by Gasteiger charge is 2.11. The first-order valence-electron chi connectivity index (χ1n) is 5.81. The van der Waals surface area contributed by atoms with Crippen LogP contribution in [0.25, 0.3) is 21.7 Å². The van der Waals surface area contributed by atoms with Gasteiger partial charge in [-0.05, 0) is 46.4 Å². The van der Waals surface area contributed by atoms with Gasteiger partial charge in [0.1, 0.15) is 11.3 Å². The van der Waals surface area contributed by atoms with Crippen molar-refractivity contribution in [2.45, 2.75) is 6.92 Å². The number of fused-ring (bicyclic) bond motifs is 3. The van der Waals surface area contributed by atoms with Gasteiger partial charge in [0.25, 0.3) is 0 Å². The molecule has 0 aliphatic carbocycles. The fourth-order valence-corrected chi connectivity index (χ4v) is 2.95. The largest absolute Gasteiger partial charge is 0.496 e. The van der Waals surface area contributed by atoms with Gasteiger partial charge in [0, 0.05) is 16.3 Å². The predicted molar refractivity (Wildman–Crippen MR) is 79.0 cm³/mol. The van der Waals surface area contributed by atoms with Crippen LogP contribution in [0.3, 0.4) is 0 Å². The molecule has 0 aliphatic heterocycles. The monoisotopic (exact) mass is 318 g/mol. The van der Waals surface area contributed by atoms with Gasteiger partial charge in [0.2, 0.25) is 0 Å². The Bertz CT molecular complexity index is 849. The van der Waals surface area contributed by atoms with Crippen LogP contribution in [-0.4, -0.2) is 7.11 Å². The summed E-state index contributed by atoms with van der Waals surface area (Å²) in [7, 11) is 1.63. The van der Waals surface area contributed by atoms with Gasteiger partial charge in [-0.15, -0.1) is 0 Å². The number of halogens is 1. The van der Waals surface area contributed by atoms with E-state index in [4.69, 9.17) is 9.15 Å². The van der Waals surface area contributed by atoms with Gasteiger partial charge in [0.05, 0.1) is 11.6 Å². The molecule has 0 unspecified atom stereocenters. The van der Waals surface area contributed by atoms with Crippen molar-refractivity contribution in [2.24, 2.45) is 0 Å². The third kappa shape index (κ3) is 1.83. The van der Waals surface area contributed by atoms with E-state index in [-0.39, 0.29) is 5.63 Å². The highest BCUT2D eigenvalue weighted by Crippen LogP contribution is 2.37. The van der Waals surface area contributed by atoms with Gasteiger partial charge < -0.3 is 9.15 Å². The molecule has 3 nitrogen and oxygen atoms in total. The average molecular weight is 319 g/mol. The summed E-state index contributed by atoms with van der Waals surface area (Å²) >= 11 is 3.56. The third-order valence-corrected chi connectivity index (χ3v) is 3.98. The minimum Gasteiger partial charge on any atom is -0.496 e. The molecular weight excluding hydrogens is 308 g/mol. The summed E-state index contributed by atoms with van der Waals surface area (Å²) in [5.74, 6) is 0.754. The summed E-state index contributed by atoms with van der Waals surface area (Å²) in [5, 5.41) is 2.96. The van der Waals surface area contributed by atoms with E-state index >= 15 is 0 Å². The fraction of sp³-hybridized carbons (Fsp3) is 0.133. The summed E-state index contributed by atoms with van der Waals surface area (Å²) in [6.45, 7) is 1.75. The first-order valence-corrected chi connectivity index (χ1v) is 6.61. The number of aryl methyl sites for hydroxylation is 1. The minimum atomic E-state index is -0.300. The van der Waals surface area contributed by atoms with Crippen molar-refractivity contribution >= 4 is 37.7 Å². The number of methoxy groups -OCH3 is 1. The Morgan fingerprint density at radius 2 is 1.95 bits per heavy atom. The van der Waals surface area contributed by atoms with Crippen LogP contribution in [0.1, 0.15) is 5.56 Å². The predicted octanol–water partition coefficient (Wildman–Crippen LogP) is 4.03. The number of hydrogen-bond acceptors (Lipinski definition) is 3. The molecule has 0 saturated carbocycles. The lowest BCUT2D eigenvalue weighted by molar-refractivity contribution is 0.413. The van der Waals surface area contributed by atoms with Gasteiger partial charge in [-0.25, -0.2) is 4.79 Å². The van der Waals surface area contributed by atoms with Crippen LogP contribution in [0.4, 0.5) is 0 Å². The molecule has 2 aromatic carbocycles. The van der Waals surface area contributed by atoms with E-state index in [0.29, 0.717) is 11.1 Å². The van der Waals surface area contributed by atoms with E-state index in [1.807, 2.05) is 30.3 Å². The first kappa shape index (κ1) is 12.2. The molecule has 0 fully saturated rings. The van der Waals surface area contributed by atoms with Crippen molar-refractivity contribution in [3.63, 3.8) is 0 Å². The molecule has 0 radical (unpaired) electrons. The molecule has 0 amide bonds. The highest BCUT2D eigenvalue weighted by molar-refractivity contribution is 9.10. The minimum absolute atomic E-state index is 0.300. The molecule has 0 N–H and O–H groups in total. The van der Waals surface area contributed by atoms with E-state index in [1.165, 1.54) is 0 Å². The van der Waals surface area contributed by atoms with Gasteiger partial charge in [0.15, 0.2) is 0 Å². The van der Waals surface area contributed by atoms with Crippen LogP contribution in [-0.2, 0) is 0 Å². The van der Waals surface area contributed by atoms with Gasteiger partial charge >= 0.3 is 5.63 Å². The molecule has 0 atom stereocenters. The van der Waals surface area contributed by atoms with E-state index in [2.05, 4.69) is 15.9 Å². The summed E-state index contributed by atoms with van der Waals surface area (Å²) in [4.78, 5) is 11.6. The lowest BCUT2D eigenvalue weighted by atomic mass is 10.0. The Morgan fingerprint density at radius 1 is 1.21 bits per heavy atom. The zero-order valence-corrected chi connectivity index (χ0v) is 12.1. The molecule has 1 heterocycles. The van der Waals surface area contributed by atoms with Crippen LogP contribution < -0.4 is 10.4 Å². The Balaban J connectivity index is 2.57. The second kappa shape index (κ2) is 4.38. The number of hydrogen-bond donors (Lipinski definition) is 0. The first-order chi connectivity index (χ1) is 9.11. The lowest BCUT2D eigenvalue weighted by Crippen LogP contribution is -2.02. The van der Waals surface area contributed by atoms with Crippen LogP contribution in [0.2, 0.25) is 0 Å². The molecule has 0 aliphatic rings. The topological polar surface area (TPSA) is 39.4 Å². The van der Waals surface area contributed by atoms with E-state index in [0.717, 1.165) is 26.4 Å². The van der Waals surface area contributed by atoms with Crippen LogP contribution in [0.5, 0.6) is 5.75 Å². The summed E-state index contributed by atoms with van der Waals surface area (Å²) in [6, 6.07) is 9.49. The molecule has 96 valence electrons. The number of ether oxygens (including phenoxy) is 1. The molecule has 1 aromatic heterocycles. The van der Waals surface area contributed by atoms with Crippen LogP contribution in [0.15, 0.2) is 44.0 Å². The molecule has 0 spiro atoms. The molecule has 0 bridgehead atoms. The van der Waals surface area contributed by atoms with Crippen LogP contribution in [0, 0.1) is 6.92 Å². The molecule has 3 rings (SSSR count). The number of rotatable bonds is 1. The SMILES string of the molecule is COc1ccc2ccc3oc(=O)c(C)cc3c2c1Br. The number of benzene rings is 2. The molecule has 0 saturated heterocycles. The van der Waals surface area contributed by atoms with E-state index < -0.39 is 0 Å². The van der Waals surface area contributed by atoms with Crippen LogP contribution >= 0.6 is 15.9 Å². The average Bonchev–Trinajstić information content (AvgIpc) is 2.40. The standard InChI is InChI=1S/C15H11BrO3/c1-8-7-10-11(19-15(8)17)5-3-9-4-6-12(18-2)14(16)13(9)10/h3-7H,1-2H3. The van der Waals surface area contributed by atoms with Gasteiger partial charge in [-0.2, -0.15) is 0 Å². The lowest BCUT2D eigenvalue weighted by Gasteiger charge is -2.09. The molecule has 3 aromatic rings. The second-order valence-electron chi connectivity index (χ2n) is 4.37. The summed E-state index contributed by atoms with van der Waals surface area (Å²) in [6.07, 6.45) is 0. The smallest absolute Gasteiger partial charge is 0.339 e. The normalized spacial score (nSPS) is 11.1. The highest BCUT2D eigenvalue weighted by atomic mass is 79.9. The second-order valence-corrected chi connectivity index (χ2v) is 5.17. The fourth-order valence-electron chi connectivity index (χ4n) is 2.21. The van der Waals surface area contributed by atoms with Crippen molar-refractivity contribution in [2.75, 3.05) is 7.11 Å². The molecule has 19 heavy (non-hydrogen) atoms. The van der Waals surface area contributed by atoms with Gasteiger partial charge in [-0.1, -0.05) is 12.1 Å².